The molecule has 2 amide bonds. The van der Waals surface area contributed by atoms with Crippen LogP contribution in [-0.4, -0.2) is 33.2 Å². The molecule has 0 aliphatic heterocycles. The van der Waals surface area contributed by atoms with Crippen LogP contribution in [0.1, 0.15) is 0 Å². The van der Waals surface area contributed by atoms with Gasteiger partial charge in [-0.2, -0.15) is 0 Å². The highest BCUT2D eigenvalue weighted by Crippen LogP contribution is 2.31. The quantitative estimate of drug-likeness (QED) is 0.678. The molecule has 0 aliphatic carbocycles. The second-order valence-corrected chi connectivity index (χ2v) is 4.67. The van der Waals surface area contributed by atoms with Gasteiger partial charge >= 0.3 is 6.03 Å². The van der Waals surface area contributed by atoms with Gasteiger partial charge in [-0.1, -0.05) is 0 Å². The van der Waals surface area contributed by atoms with Crippen LogP contribution < -0.4 is 15.8 Å². The van der Waals surface area contributed by atoms with Crippen molar-refractivity contribution in [2.45, 2.75) is 0 Å². The van der Waals surface area contributed by atoms with E-state index in [0.717, 1.165) is 5.56 Å². The summed E-state index contributed by atoms with van der Waals surface area (Å²) in [6.45, 7) is 0. The van der Waals surface area contributed by atoms with Crippen molar-refractivity contribution in [3.8, 4) is 22.8 Å². The van der Waals surface area contributed by atoms with E-state index in [1.165, 1.54) is 19.4 Å². The predicted octanol–water partition coefficient (Wildman–Crippen LogP) is 1.90. The van der Waals surface area contributed by atoms with Gasteiger partial charge in [-0.05, 0) is 30.3 Å². The minimum absolute atomic E-state index is 0.0461. The second kappa shape index (κ2) is 5.76. The van der Waals surface area contributed by atoms with Gasteiger partial charge < -0.3 is 15.6 Å². The summed E-state index contributed by atoms with van der Waals surface area (Å²) in [7, 11) is 1.47. The molecule has 0 saturated heterocycles. The highest BCUT2D eigenvalue weighted by Gasteiger charge is 2.08. The number of phenolic OH excluding ortho intramolecular Hbond substituents is 1. The number of urea groups is 1. The zero-order chi connectivity index (χ0) is 16.4. The van der Waals surface area contributed by atoms with Gasteiger partial charge in [0.05, 0.1) is 19.0 Å². The molecule has 0 bridgehead atoms. The number of aromatic hydroxyl groups is 1. The van der Waals surface area contributed by atoms with Crippen LogP contribution >= 0.6 is 0 Å². The molecular formula is C15H13N5O3. The highest BCUT2D eigenvalue weighted by atomic mass is 16.5. The zero-order valence-corrected chi connectivity index (χ0v) is 12.1. The van der Waals surface area contributed by atoms with Gasteiger partial charge in [-0.3, -0.25) is 5.32 Å². The first-order valence-electron chi connectivity index (χ1n) is 6.64. The number of ether oxygens (including phenoxy) is 1. The third-order valence-electron chi connectivity index (χ3n) is 3.13. The van der Waals surface area contributed by atoms with Gasteiger partial charge in [0.1, 0.15) is 5.52 Å². The molecule has 116 valence electrons. The minimum Gasteiger partial charge on any atom is -0.504 e. The maximum absolute atomic E-state index is 10.9. The van der Waals surface area contributed by atoms with Crippen molar-refractivity contribution >= 4 is 23.0 Å². The second-order valence-electron chi connectivity index (χ2n) is 4.67. The molecule has 3 rings (SSSR count). The van der Waals surface area contributed by atoms with E-state index < -0.39 is 6.03 Å². The molecule has 2 heterocycles. The fourth-order valence-corrected chi connectivity index (χ4v) is 2.08. The molecule has 2 aromatic heterocycles. The number of aromatic nitrogens is 3. The smallest absolute Gasteiger partial charge is 0.317 e. The first-order valence-corrected chi connectivity index (χ1v) is 6.64. The largest absolute Gasteiger partial charge is 0.504 e. The van der Waals surface area contributed by atoms with E-state index >= 15 is 0 Å². The third kappa shape index (κ3) is 2.95. The number of nitrogens with one attached hydrogen (secondary N) is 1. The Labute approximate surface area is 131 Å². The van der Waals surface area contributed by atoms with Gasteiger partial charge in [0.2, 0.25) is 0 Å². The molecule has 23 heavy (non-hydrogen) atoms. The Balaban J connectivity index is 2.06. The van der Waals surface area contributed by atoms with Crippen LogP contribution in [0.25, 0.3) is 22.4 Å². The van der Waals surface area contributed by atoms with Crippen LogP contribution in [0.15, 0.2) is 36.5 Å². The first-order chi connectivity index (χ1) is 11.1. The third-order valence-corrected chi connectivity index (χ3v) is 3.13. The summed E-state index contributed by atoms with van der Waals surface area (Å²) in [5.41, 5.74) is 7.37. The summed E-state index contributed by atoms with van der Waals surface area (Å²) < 4.78 is 5.09. The molecule has 1 aromatic carbocycles. The van der Waals surface area contributed by atoms with Crippen molar-refractivity contribution in [1.29, 1.82) is 0 Å². The number of primary amides is 1. The van der Waals surface area contributed by atoms with Crippen LogP contribution in [0, 0.1) is 0 Å². The average Bonchev–Trinajstić information content (AvgIpc) is 2.54. The zero-order valence-electron chi connectivity index (χ0n) is 12.1. The van der Waals surface area contributed by atoms with Crippen molar-refractivity contribution in [2.24, 2.45) is 5.73 Å². The van der Waals surface area contributed by atoms with Crippen molar-refractivity contribution in [3.63, 3.8) is 0 Å². The summed E-state index contributed by atoms with van der Waals surface area (Å²) in [6.07, 6.45) is 1.40. The lowest BCUT2D eigenvalue weighted by Gasteiger charge is -2.07. The molecule has 4 N–H and O–H groups in total. The van der Waals surface area contributed by atoms with Crippen molar-refractivity contribution < 1.29 is 14.6 Å². The molecule has 0 saturated carbocycles. The monoisotopic (exact) mass is 311 g/mol. The maximum atomic E-state index is 10.9. The molecule has 0 unspecified atom stereocenters. The summed E-state index contributed by atoms with van der Waals surface area (Å²) >= 11 is 0. The number of phenols is 1. The Morgan fingerprint density at radius 1 is 1.26 bits per heavy atom. The summed E-state index contributed by atoms with van der Waals surface area (Å²) in [5, 5.41) is 12.0. The fourth-order valence-electron chi connectivity index (χ4n) is 2.08. The number of nitrogens with two attached hydrogens (primary N) is 1. The Bertz CT molecular complexity index is 897. The van der Waals surface area contributed by atoms with Crippen LogP contribution in [0.4, 0.5) is 10.6 Å². The lowest BCUT2D eigenvalue weighted by atomic mass is 10.1. The van der Waals surface area contributed by atoms with Crippen LogP contribution in [0.5, 0.6) is 11.5 Å². The van der Waals surface area contributed by atoms with E-state index in [4.69, 9.17) is 10.5 Å². The Morgan fingerprint density at radius 2 is 2.09 bits per heavy atom. The van der Waals surface area contributed by atoms with Crippen molar-refractivity contribution in [1.82, 2.24) is 15.0 Å². The number of amides is 2. The normalized spacial score (nSPS) is 10.5. The Kier molecular flexibility index (Phi) is 3.63. The van der Waals surface area contributed by atoms with Gasteiger partial charge in [0.25, 0.3) is 0 Å². The fraction of sp³-hybridized carbons (Fsp3) is 0.0667. The van der Waals surface area contributed by atoms with Crippen LogP contribution in [0.3, 0.4) is 0 Å². The number of benzene rings is 1. The molecule has 0 fully saturated rings. The standard InChI is InChI=1S/C15H13N5O3/c1-23-12-6-8(2-5-11(12)21)9-3-4-10-14(18-9)19-13(7-17-10)20-15(16)22/h2-7,21H,1H3,(H3,16,18,19,20,22). The highest BCUT2D eigenvalue weighted by molar-refractivity contribution is 5.87. The number of hydrogen-bond acceptors (Lipinski definition) is 6. The predicted molar refractivity (Wildman–Crippen MR) is 84.2 cm³/mol. The molecule has 0 spiro atoms. The first kappa shape index (κ1) is 14.5. The molecular weight excluding hydrogens is 298 g/mol. The number of anilines is 1. The van der Waals surface area contributed by atoms with Gasteiger partial charge in [0.15, 0.2) is 23.0 Å². The van der Waals surface area contributed by atoms with Crippen LogP contribution in [0.2, 0.25) is 0 Å². The average molecular weight is 311 g/mol. The summed E-state index contributed by atoms with van der Waals surface area (Å²) in [4.78, 5) is 23.6. The van der Waals surface area contributed by atoms with Gasteiger partial charge in [0, 0.05) is 5.56 Å². The van der Waals surface area contributed by atoms with E-state index in [-0.39, 0.29) is 11.6 Å². The number of hydrogen-bond donors (Lipinski definition) is 3. The van der Waals surface area contributed by atoms with Crippen molar-refractivity contribution in [3.05, 3.63) is 36.5 Å². The Morgan fingerprint density at radius 3 is 2.83 bits per heavy atom. The number of fused-ring (bicyclic) bond motifs is 1. The van der Waals surface area contributed by atoms with E-state index in [0.29, 0.717) is 22.6 Å². The van der Waals surface area contributed by atoms with Crippen molar-refractivity contribution in [2.75, 3.05) is 12.4 Å². The summed E-state index contributed by atoms with van der Waals surface area (Å²) in [5.74, 6) is 0.613. The summed E-state index contributed by atoms with van der Waals surface area (Å²) in [6, 6.07) is 7.73. The maximum Gasteiger partial charge on any atom is 0.317 e. The van der Waals surface area contributed by atoms with Crippen LogP contribution in [-0.2, 0) is 0 Å². The number of nitrogens with zero attached hydrogens (tertiary/aromatic N) is 3. The molecule has 0 atom stereocenters. The van der Waals surface area contributed by atoms with E-state index in [9.17, 15) is 9.90 Å². The molecule has 0 aliphatic rings. The Hall–Kier alpha value is -3.42. The van der Waals surface area contributed by atoms with E-state index in [1.807, 2.05) is 0 Å². The number of pyridine rings is 1. The lowest BCUT2D eigenvalue weighted by molar-refractivity contribution is 0.259. The number of carbonyl (C=O) groups is 1. The van der Waals surface area contributed by atoms with E-state index in [1.54, 1.807) is 24.3 Å². The SMILES string of the molecule is COc1cc(-c2ccc3ncc(NC(N)=O)nc3n2)ccc1O. The van der Waals surface area contributed by atoms with E-state index in [2.05, 4.69) is 20.3 Å². The molecule has 0 radical (unpaired) electrons. The number of methoxy groups -OCH3 is 1. The molecule has 8 heteroatoms. The number of carbonyl (C=O) groups excluding carboxylic acids is 1. The molecule has 8 nitrogen and oxygen atoms in total. The van der Waals surface area contributed by atoms with Gasteiger partial charge in [-0.25, -0.2) is 19.7 Å². The number of rotatable bonds is 3. The lowest BCUT2D eigenvalue weighted by Crippen LogP contribution is -2.20. The minimum atomic E-state index is -0.724. The molecule has 3 aromatic rings. The van der Waals surface area contributed by atoms with Gasteiger partial charge in [-0.15, -0.1) is 0 Å². The topological polar surface area (TPSA) is 123 Å².